The van der Waals surface area contributed by atoms with Crippen LogP contribution in [0.4, 0.5) is 13.2 Å². The van der Waals surface area contributed by atoms with E-state index in [-0.39, 0.29) is 16.9 Å². The molecule has 0 spiro atoms. The first-order chi connectivity index (χ1) is 12.3. The largest absolute Gasteiger partial charge is 0.435 e. The maximum absolute atomic E-state index is 14.2. The molecule has 9 heteroatoms. The summed E-state index contributed by atoms with van der Waals surface area (Å²) in [5.74, 6) is -0.468. The van der Waals surface area contributed by atoms with Crippen LogP contribution in [0.25, 0.3) is 11.3 Å². The molecule has 0 amide bonds. The van der Waals surface area contributed by atoms with Gasteiger partial charge in [-0.25, -0.2) is 9.37 Å². The molecule has 3 aromatic rings. The molecule has 1 atom stereocenters. The van der Waals surface area contributed by atoms with Crippen LogP contribution in [0.15, 0.2) is 41.5 Å². The average Bonchev–Trinajstić information content (AvgIpc) is 3.03. The van der Waals surface area contributed by atoms with E-state index in [1.165, 1.54) is 29.1 Å². The first-order valence-corrected chi connectivity index (χ1v) is 7.70. The van der Waals surface area contributed by atoms with Crippen LogP contribution < -0.4 is 10.3 Å². The number of aryl methyl sites for hydroxylation is 1. The van der Waals surface area contributed by atoms with Crippen LogP contribution >= 0.6 is 0 Å². The zero-order valence-electron chi connectivity index (χ0n) is 13.9. The summed E-state index contributed by atoms with van der Waals surface area (Å²) in [7, 11) is 0. The van der Waals surface area contributed by atoms with Gasteiger partial charge in [-0.05, 0) is 19.9 Å². The number of ether oxygens (including phenoxy) is 1. The van der Waals surface area contributed by atoms with Crippen LogP contribution in [0.1, 0.15) is 24.4 Å². The fourth-order valence-corrected chi connectivity index (χ4v) is 2.57. The number of hydrogen-bond acceptors (Lipinski definition) is 4. The lowest BCUT2D eigenvalue weighted by Crippen LogP contribution is -2.10. The Morgan fingerprint density at radius 2 is 2.04 bits per heavy atom. The molecule has 1 unspecified atom stereocenters. The average molecular weight is 364 g/mol. The van der Waals surface area contributed by atoms with Crippen molar-refractivity contribution in [2.24, 2.45) is 0 Å². The lowest BCUT2D eigenvalue weighted by atomic mass is 10.1. The summed E-state index contributed by atoms with van der Waals surface area (Å²) in [4.78, 5) is 18.4. The highest BCUT2D eigenvalue weighted by Crippen LogP contribution is 2.26. The Hall–Kier alpha value is -3.10. The highest BCUT2D eigenvalue weighted by Gasteiger charge is 2.16. The number of halogens is 3. The van der Waals surface area contributed by atoms with Crippen molar-refractivity contribution in [3.05, 3.63) is 64.2 Å². The van der Waals surface area contributed by atoms with Gasteiger partial charge < -0.3 is 9.72 Å². The third-order valence-corrected chi connectivity index (χ3v) is 3.80. The number of H-pyrrole nitrogens is 1. The normalized spacial score (nSPS) is 12.4. The molecule has 0 aliphatic heterocycles. The smallest absolute Gasteiger partial charge is 0.387 e. The molecule has 2 heterocycles. The van der Waals surface area contributed by atoms with Gasteiger partial charge in [0, 0.05) is 29.5 Å². The topological polar surface area (TPSA) is 72.8 Å². The maximum Gasteiger partial charge on any atom is 0.387 e. The molecule has 1 aromatic carbocycles. The molecule has 0 fully saturated rings. The lowest BCUT2D eigenvalue weighted by Gasteiger charge is -2.14. The molecule has 1 N–H and O–H groups in total. The van der Waals surface area contributed by atoms with Crippen molar-refractivity contribution in [3.8, 4) is 17.0 Å². The molecule has 2 aromatic heterocycles. The molecule has 26 heavy (non-hydrogen) atoms. The van der Waals surface area contributed by atoms with Gasteiger partial charge in [-0.3, -0.25) is 9.48 Å². The zero-order valence-corrected chi connectivity index (χ0v) is 13.9. The Morgan fingerprint density at radius 3 is 2.69 bits per heavy atom. The van der Waals surface area contributed by atoms with Crippen molar-refractivity contribution < 1.29 is 17.9 Å². The van der Waals surface area contributed by atoms with E-state index in [1.54, 1.807) is 20.0 Å². The van der Waals surface area contributed by atoms with Crippen molar-refractivity contribution in [3.63, 3.8) is 0 Å². The molecular weight excluding hydrogens is 349 g/mol. The van der Waals surface area contributed by atoms with E-state index in [9.17, 15) is 18.0 Å². The third-order valence-electron chi connectivity index (χ3n) is 3.80. The third kappa shape index (κ3) is 3.76. The highest BCUT2D eigenvalue weighted by molar-refractivity contribution is 5.56. The van der Waals surface area contributed by atoms with Gasteiger partial charge in [-0.15, -0.1) is 0 Å². The molecule has 0 radical (unpaired) electrons. The van der Waals surface area contributed by atoms with Crippen molar-refractivity contribution in [2.75, 3.05) is 0 Å². The number of nitrogens with one attached hydrogen (secondary N) is 1. The molecule has 0 saturated heterocycles. The molecule has 136 valence electrons. The SMILES string of the molecule is Cc1nc(-c2cnn(C(C)c3ccc(OC(F)F)cc3F)c2)cc(=O)[nH]1. The summed E-state index contributed by atoms with van der Waals surface area (Å²) in [6.45, 7) is 0.353. The molecule has 0 bridgehead atoms. The van der Waals surface area contributed by atoms with Gasteiger partial charge in [-0.2, -0.15) is 13.9 Å². The van der Waals surface area contributed by atoms with Crippen molar-refractivity contribution in [2.45, 2.75) is 26.5 Å². The summed E-state index contributed by atoms with van der Waals surface area (Å²) < 4.78 is 44.3. The first-order valence-electron chi connectivity index (χ1n) is 7.70. The predicted molar refractivity (Wildman–Crippen MR) is 87.7 cm³/mol. The molecule has 0 saturated carbocycles. The van der Waals surface area contributed by atoms with E-state index in [4.69, 9.17) is 0 Å². The number of aromatic nitrogens is 4. The molecular formula is C17H15F3N4O2. The Labute approximate surface area is 146 Å². The number of rotatable bonds is 5. The van der Waals surface area contributed by atoms with Crippen LogP contribution in [0.5, 0.6) is 5.75 Å². The van der Waals surface area contributed by atoms with Crippen LogP contribution in [0.3, 0.4) is 0 Å². The fourth-order valence-electron chi connectivity index (χ4n) is 2.57. The Kier molecular flexibility index (Phi) is 4.79. The number of alkyl halides is 2. The van der Waals surface area contributed by atoms with Gasteiger partial charge in [0.2, 0.25) is 0 Å². The van der Waals surface area contributed by atoms with Gasteiger partial charge in [-0.1, -0.05) is 6.07 Å². The Morgan fingerprint density at radius 1 is 1.27 bits per heavy atom. The summed E-state index contributed by atoms with van der Waals surface area (Å²) in [5.41, 5.74) is 1.03. The Bertz CT molecular complexity index is 984. The molecule has 0 aliphatic carbocycles. The van der Waals surface area contributed by atoms with Gasteiger partial charge >= 0.3 is 6.61 Å². The Balaban J connectivity index is 1.88. The summed E-state index contributed by atoms with van der Waals surface area (Å²) >= 11 is 0. The molecule has 3 rings (SSSR count). The molecule has 6 nitrogen and oxygen atoms in total. The number of aromatic amines is 1. The van der Waals surface area contributed by atoms with Crippen LogP contribution in [0.2, 0.25) is 0 Å². The maximum atomic E-state index is 14.2. The second-order valence-electron chi connectivity index (χ2n) is 5.66. The van der Waals surface area contributed by atoms with E-state index >= 15 is 0 Å². The first kappa shape index (κ1) is 17.7. The zero-order chi connectivity index (χ0) is 18.8. The standard InChI is InChI=1S/C17H15F3N4O2/c1-9(13-4-3-12(5-14(13)18)26-17(19)20)24-8-11(7-21-24)15-6-16(25)23-10(2)22-15/h3-9,17H,1-2H3,(H,22,23,25). The minimum absolute atomic E-state index is 0.252. The van der Waals surface area contributed by atoms with E-state index in [1.807, 2.05) is 0 Å². The summed E-state index contributed by atoms with van der Waals surface area (Å²) in [6.07, 6.45) is 3.15. The van der Waals surface area contributed by atoms with Crippen molar-refractivity contribution in [1.29, 1.82) is 0 Å². The predicted octanol–water partition coefficient (Wildman–Crippen LogP) is 3.29. The second-order valence-corrected chi connectivity index (χ2v) is 5.66. The quantitative estimate of drug-likeness (QED) is 0.754. The molecule has 0 aliphatic rings. The fraction of sp³-hybridized carbons (Fsp3) is 0.235. The van der Waals surface area contributed by atoms with Gasteiger partial charge in [0.1, 0.15) is 17.4 Å². The second kappa shape index (κ2) is 7.03. The summed E-state index contributed by atoms with van der Waals surface area (Å²) in [5, 5.41) is 4.19. The van der Waals surface area contributed by atoms with E-state index < -0.39 is 18.5 Å². The highest BCUT2D eigenvalue weighted by atomic mass is 19.3. The van der Waals surface area contributed by atoms with Crippen molar-refractivity contribution in [1.82, 2.24) is 19.7 Å². The van der Waals surface area contributed by atoms with Gasteiger partial charge in [0.15, 0.2) is 0 Å². The number of nitrogens with zero attached hydrogens (tertiary/aromatic N) is 3. The monoisotopic (exact) mass is 364 g/mol. The minimum Gasteiger partial charge on any atom is -0.435 e. The minimum atomic E-state index is -3.02. The lowest BCUT2D eigenvalue weighted by molar-refractivity contribution is -0.0500. The van der Waals surface area contributed by atoms with E-state index in [2.05, 4.69) is 19.8 Å². The van der Waals surface area contributed by atoms with Crippen LogP contribution in [-0.2, 0) is 0 Å². The van der Waals surface area contributed by atoms with Crippen LogP contribution in [-0.4, -0.2) is 26.4 Å². The summed E-state index contributed by atoms with van der Waals surface area (Å²) in [6, 6.07) is 4.38. The van der Waals surface area contributed by atoms with Crippen molar-refractivity contribution >= 4 is 0 Å². The van der Waals surface area contributed by atoms with Crippen LogP contribution in [0, 0.1) is 12.7 Å². The van der Waals surface area contributed by atoms with Gasteiger partial charge in [0.25, 0.3) is 5.56 Å². The van der Waals surface area contributed by atoms with E-state index in [0.29, 0.717) is 17.1 Å². The number of benzene rings is 1. The van der Waals surface area contributed by atoms with Gasteiger partial charge in [0.05, 0.1) is 17.9 Å². The number of hydrogen-bond donors (Lipinski definition) is 1. The van der Waals surface area contributed by atoms with E-state index in [0.717, 1.165) is 6.07 Å².